The van der Waals surface area contributed by atoms with Gasteiger partial charge in [0.25, 0.3) is 0 Å². The number of carbonyl (C=O) groups is 1. The number of fused-ring (bicyclic) bond motifs is 5. The summed E-state index contributed by atoms with van der Waals surface area (Å²) in [6.45, 7) is 6.31. The lowest BCUT2D eigenvalue weighted by Gasteiger charge is -2.62. The molecule has 5 aliphatic rings. The topological polar surface area (TPSA) is 70.9 Å². The highest BCUT2D eigenvalue weighted by Gasteiger charge is 2.64. The maximum Gasteiger partial charge on any atom is 0.152 e. The highest BCUT2D eigenvalue weighted by atomic mass is 16.6. The second-order valence-corrected chi connectivity index (χ2v) is 10.5. The number of Topliss-reactive ketones (excluding diaryl/α,β-unsaturated/α-hetero) is 1. The largest absolute Gasteiger partial charge is 0.390 e. The van der Waals surface area contributed by atoms with E-state index < -0.39 is 5.60 Å². The van der Waals surface area contributed by atoms with E-state index in [0.29, 0.717) is 30.0 Å². The Labute approximate surface area is 162 Å². The van der Waals surface area contributed by atoms with Crippen molar-refractivity contribution in [3.63, 3.8) is 0 Å². The summed E-state index contributed by atoms with van der Waals surface area (Å²) in [6, 6.07) is 0. The van der Waals surface area contributed by atoms with E-state index in [-0.39, 0.29) is 16.9 Å². The summed E-state index contributed by atoms with van der Waals surface area (Å²) in [5.41, 5.74) is 0.235. The van der Waals surface area contributed by atoms with Crippen LogP contribution in [0.15, 0.2) is 5.16 Å². The average molecular weight is 375 g/mol. The second-order valence-electron chi connectivity index (χ2n) is 10.5. The molecule has 0 bridgehead atoms. The van der Waals surface area contributed by atoms with E-state index in [9.17, 15) is 9.90 Å². The van der Waals surface area contributed by atoms with Crippen molar-refractivity contribution in [3.05, 3.63) is 0 Å². The number of rotatable bonds is 2. The molecule has 5 fully saturated rings. The fourth-order valence-electron chi connectivity index (χ4n) is 7.39. The molecule has 1 heterocycles. The normalized spacial score (nSPS) is 51.3. The fourth-order valence-corrected chi connectivity index (χ4v) is 7.39. The lowest BCUT2D eigenvalue weighted by molar-refractivity contribution is -0.188. The highest BCUT2D eigenvalue weighted by Crippen LogP contribution is 2.66. The van der Waals surface area contributed by atoms with Crippen molar-refractivity contribution in [1.82, 2.24) is 5.32 Å². The van der Waals surface area contributed by atoms with Gasteiger partial charge in [0.05, 0.1) is 11.3 Å². The van der Waals surface area contributed by atoms with Crippen molar-refractivity contribution in [2.24, 2.45) is 33.7 Å². The summed E-state index contributed by atoms with van der Waals surface area (Å²) in [4.78, 5) is 18.2. The molecular weight excluding hydrogens is 340 g/mol. The minimum Gasteiger partial charge on any atom is -0.390 e. The van der Waals surface area contributed by atoms with Gasteiger partial charge in [-0.05, 0) is 62.7 Å². The molecule has 5 rings (SSSR count). The Morgan fingerprint density at radius 1 is 1.07 bits per heavy atom. The van der Waals surface area contributed by atoms with Gasteiger partial charge >= 0.3 is 0 Å². The number of carbonyl (C=O) groups excluding carboxylic acids is 1. The van der Waals surface area contributed by atoms with Crippen LogP contribution >= 0.6 is 0 Å². The van der Waals surface area contributed by atoms with Crippen molar-refractivity contribution in [2.75, 3.05) is 13.1 Å². The van der Waals surface area contributed by atoms with Gasteiger partial charge < -0.3 is 15.3 Å². The van der Waals surface area contributed by atoms with Gasteiger partial charge in [-0.25, -0.2) is 0 Å². The Hall–Kier alpha value is -0.940. The van der Waals surface area contributed by atoms with Crippen molar-refractivity contribution in [2.45, 2.75) is 83.3 Å². The quantitative estimate of drug-likeness (QED) is 0.729. The van der Waals surface area contributed by atoms with Crippen LogP contribution in [0.2, 0.25) is 0 Å². The van der Waals surface area contributed by atoms with Crippen LogP contribution in [0.5, 0.6) is 0 Å². The van der Waals surface area contributed by atoms with Crippen LogP contribution < -0.4 is 5.32 Å². The molecule has 0 aromatic heterocycles. The van der Waals surface area contributed by atoms with E-state index in [1.165, 1.54) is 0 Å². The first-order valence-electron chi connectivity index (χ1n) is 11.0. The summed E-state index contributed by atoms with van der Waals surface area (Å²) < 4.78 is 0. The molecule has 1 saturated heterocycles. The predicted octanol–water partition coefficient (Wildman–Crippen LogP) is 3.06. The summed E-state index contributed by atoms with van der Waals surface area (Å²) in [5.74, 6) is 2.18. The molecule has 0 spiro atoms. The van der Waals surface area contributed by atoms with Crippen LogP contribution in [0, 0.1) is 28.6 Å². The van der Waals surface area contributed by atoms with Crippen molar-refractivity contribution < 1.29 is 14.7 Å². The number of ketones is 1. The number of nitrogens with one attached hydrogen (secondary N) is 1. The van der Waals surface area contributed by atoms with Crippen LogP contribution in [0.25, 0.3) is 0 Å². The van der Waals surface area contributed by atoms with Gasteiger partial charge in [-0.15, -0.1) is 0 Å². The standard InChI is InChI=1S/C22H34N2O3/c1-20-8-7-18-16(17(20)3-4-19(20)25)6-10-22(26)11-14(5-9-21(18,22)2)24-27-15-12-23-13-15/h15-18,23,26H,3-13H2,1-2H3/t16-,17-,18-,20-,21+,22+/m0/s1. The maximum absolute atomic E-state index is 12.5. The van der Waals surface area contributed by atoms with Crippen LogP contribution in [0.3, 0.4) is 0 Å². The van der Waals surface area contributed by atoms with E-state index in [2.05, 4.69) is 24.3 Å². The lowest BCUT2D eigenvalue weighted by atomic mass is 9.43. The first-order valence-corrected chi connectivity index (χ1v) is 11.0. The fraction of sp³-hybridized carbons (Fsp3) is 0.909. The molecule has 150 valence electrons. The highest BCUT2D eigenvalue weighted by molar-refractivity contribution is 5.87. The molecular formula is C22H34N2O3. The van der Waals surface area contributed by atoms with Crippen LogP contribution in [0.1, 0.15) is 71.6 Å². The third-order valence-electron chi connectivity index (χ3n) is 9.42. The molecule has 0 aromatic rings. The number of hydrogen-bond acceptors (Lipinski definition) is 5. The minimum atomic E-state index is -0.664. The second kappa shape index (κ2) is 6.03. The third-order valence-corrected chi connectivity index (χ3v) is 9.42. The summed E-state index contributed by atoms with van der Waals surface area (Å²) in [7, 11) is 0. The molecule has 4 aliphatic carbocycles. The zero-order valence-electron chi connectivity index (χ0n) is 16.8. The number of hydrogen-bond donors (Lipinski definition) is 2. The number of nitrogens with zero attached hydrogens (tertiary/aromatic N) is 1. The first-order chi connectivity index (χ1) is 12.9. The van der Waals surface area contributed by atoms with Crippen LogP contribution in [0.4, 0.5) is 0 Å². The molecule has 0 aromatic carbocycles. The molecule has 1 aliphatic heterocycles. The summed E-state index contributed by atoms with van der Waals surface area (Å²) in [5, 5.41) is 19.4. The molecule has 5 nitrogen and oxygen atoms in total. The van der Waals surface area contributed by atoms with Crippen LogP contribution in [-0.2, 0) is 9.63 Å². The number of aliphatic hydroxyl groups is 1. The SMILES string of the molecule is C[C@]12CC[C@H]3[C@@H](CC[C@@]4(O)CC(=NOC5CNC5)CC[C@]34C)[C@@H]1CCC2=O. The molecule has 0 radical (unpaired) electrons. The Morgan fingerprint density at radius 3 is 2.63 bits per heavy atom. The Morgan fingerprint density at radius 2 is 1.89 bits per heavy atom. The Balaban J connectivity index is 1.37. The van der Waals surface area contributed by atoms with Gasteiger partial charge in [-0.3, -0.25) is 4.79 Å². The maximum atomic E-state index is 12.5. The molecule has 0 unspecified atom stereocenters. The third kappa shape index (κ3) is 2.50. The summed E-state index contributed by atoms with van der Waals surface area (Å²) >= 11 is 0. The van der Waals surface area contributed by atoms with Gasteiger partial charge in [-0.1, -0.05) is 19.0 Å². The molecule has 5 heteroatoms. The first kappa shape index (κ1) is 18.1. The predicted molar refractivity (Wildman–Crippen MR) is 103 cm³/mol. The van der Waals surface area contributed by atoms with E-state index in [1.807, 2.05) is 0 Å². The lowest BCUT2D eigenvalue weighted by Crippen LogP contribution is -2.62. The zero-order valence-corrected chi connectivity index (χ0v) is 16.8. The molecule has 27 heavy (non-hydrogen) atoms. The molecule has 4 saturated carbocycles. The van der Waals surface area contributed by atoms with Gasteiger partial charge in [0.15, 0.2) is 6.10 Å². The van der Waals surface area contributed by atoms with Crippen LogP contribution in [-0.4, -0.2) is 41.4 Å². The van der Waals surface area contributed by atoms with E-state index in [4.69, 9.17) is 4.84 Å². The smallest absolute Gasteiger partial charge is 0.152 e. The Bertz CT molecular complexity index is 674. The average Bonchev–Trinajstić information content (AvgIpc) is 2.90. The van der Waals surface area contributed by atoms with Gasteiger partial charge in [-0.2, -0.15) is 0 Å². The van der Waals surface area contributed by atoms with Crippen molar-refractivity contribution >= 4 is 11.5 Å². The molecule has 2 N–H and O–H groups in total. The zero-order chi connectivity index (χ0) is 18.9. The number of oxime groups is 1. The van der Waals surface area contributed by atoms with E-state index >= 15 is 0 Å². The molecule has 0 amide bonds. The van der Waals surface area contributed by atoms with E-state index in [0.717, 1.165) is 70.2 Å². The van der Waals surface area contributed by atoms with Gasteiger partial charge in [0.1, 0.15) is 5.78 Å². The van der Waals surface area contributed by atoms with Crippen molar-refractivity contribution in [1.29, 1.82) is 0 Å². The minimum absolute atomic E-state index is 0.0556. The van der Waals surface area contributed by atoms with Gasteiger partial charge in [0, 0.05) is 36.8 Å². The van der Waals surface area contributed by atoms with Gasteiger partial charge in [0.2, 0.25) is 0 Å². The Kier molecular flexibility index (Phi) is 4.04. The van der Waals surface area contributed by atoms with Crippen molar-refractivity contribution in [3.8, 4) is 0 Å². The monoisotopic (exact) mass is 374 g/mol. The van der Waals surface area contributed by atoms with E-state index in [1.54, 1.807) is 0 Å². The summed E-state index contributed by atoms with van der Waals surface area (Å²) in [6.07, 6.45) is 8.65. The molecule has 6 atom stereocenters.